The molecule has 1 saturated heterocycles. The highest BCUT2D eigenvalue weighted by atomic mass is 32.2. The first-order valence-electron chi connectivity index (χ1n) is 11.8. The van der Waals surface area contributed by atoms with Gasteiger partial charge >= 0.3 is 6.09 Å². The molecular weight excluding hydrogens is 498 g/mol. The topological polar surface area (TPSA) is 135 Å². The Hall–Kier alpha value is -3.51. The lowest BCUT2D eigenvalue weighted by molar-refractivity contribution is -0.122. The van der Waals surface area contributed by atoms with E-state index in [4.69, 9.17) is 4.74 Å². The van der Waals surface area contributed by atoms with Crippen molar-refractivity contribution in [1.82, 2.24) is 18.8 Å². The van der Waals surface area contributed by atoms with Gasteiger partial charge in [-0.25, -0.2) is 27.2 Å². The first-order valence-corrected chi connectivity index (χ1v) is 13.3. The molecule has 198 valence electrons. The highest BCUT2D eigenvalue weighted by Gasteiger charge is 2.42. The number of rotatable bonds is 4. The third kappa shape index (κ3) is 5.16. The highest BCUT2D eigenvalue weighted by molar-refractivity contribution is 7.90. The molecule has 3 heterocycles. The minimum absolute atomic E-state index is 0.0251. The van der Waals surface area contributed by atoms with Gasteiger partial charge in [-0.15, -0.1) is 0 Å². The minimum Gasteiger partial charge on any atom is -0.444 e. The molecule has 0 radical (unpaired) electrons. The number of aliphatic hydroxyl groups excluding tert-OH is 1. The van der Waals surface area contributed by atoms with Crippen molar-refractivity contribution in [2.75, 3.05) is 18.5 Å². The molecule has 0 bridgehead atoms. The Morgan fingerprint density at radius 3 is 2.43 bits per heavy atom. The number of carbonyl (C=O) groups excluding carboxylic acids is 2. The van der Waals surface area contributed by atoms with E-state index in [-0.39, 0.29) is 29.3 Å². The van der Waals surface area contributed by atoms with Crippen LogP contribution in [0, 0.1) is 13.8 Å². The Balaban J connectivity index is 1.64. The molecule has 1 aliphatic heterocycles. The molecule has 0 spiro atoms. The number of likely N-dealkylation sites (tertiary alicyclic amines) is 1. The van der Waals surface area contributed by atoms with E-state index in [0.717, 1.165) is 9.54 Å². The molecule has 2 atom stereocenters. The molecule has 1 aliphatic rings. The molecule has 0 unspecified atom stereocenters. The molecule has 3 aromatic rings. The summed E-state index contributed by atoms with van der Waals surface area (Å²) in [7, 11) is -2.42. The van der Waals surface area contributed by atoms with Crippen molar-refractivity contribution in [3.05, 3.63) is 47.8 Å². The van der Waals surface area contributed by atoms with Gasteiger partial charge in [0.2, 0.25) is 0 Å². The molecule has 0 saturated carbocycles. The summed E-state index contributed by atoms with van der Waals surface area (Å²) >= 11 is 0. The molecule has 37 heavy (non-hydrogen) atoms. The standard InChI is InChI=1S/C25H31N5O6S/c1-15-7-9-18(10-8-15)37(34,35)30-13-16(2)21-22(30)26-12-20(27-21)28(6)23(32)19-11-17(31)14-29(19)24(33)36-25(3,4)5/h7-10,12-13,17,19,31H,11,14H2,1-6H3/t17-,19-/m1/s1. The van der Waals surface area contributed by atoms with Gasteiger partial charge in [0.25, 0.3) is 15.9 Å². The van der Waals surface area contributed by atoms with Gasteiger partial charge in [0.15, 0.2) is 11.5 Å². The fourth-order valence-electron chi connectivity index (χ4n) is 4.17. The number of carbonyl (C=O) groups is 2. The number of hydrogen-bond acceptors (Lipinski definition) is 8. The number of aliphatic hydroxyl groups is 1. The monoisotopic (exact) mass is 529 g/mol. The molecule has 2 amide bonds. The number of fused-ring (bicyclic) bond motifs is 1. The number of amides is 2. The lowest BCUT2D eigenvalue weighted by Crippen LogP contribution is -2.48. The first-order chi connectivity index (χ1) is 17.2. The number of likely N-dealkylation sites (N-methyl/N-ethyl adjacent to an activating group) is 1. The fraction of sp³-hybridized carbons (Fsp3) is 0.440. The maximum Gasteiger partial charge on any atom is 0.411 e. The first kappa shape index (κ1) is 26.6. The zero-order chi connectivity index (χ0) is 27.3. The molecular formula is C25H31N5O6S. The van der Waals surface area contributed by atoms with Gasteiger partial charge < -0.3 is 9.84 Å². The number of aryl methyl sites for hydroxylation is 2. The quantitative estimate of drug-likeness (QED) is 0.545. The largest absolute Gasteiger partial charge is 0.444 e. The van der Waals surface area contributed by atoms with Crippen molar-refractivity contribution in [1.29, 1.82) is 0 Å². The van der Waals surface area contributed by atoms with Crippen LogP contribution in [0.15, 0.2) is 41.6 Å². The van der Waals surface area contributed by atoms with Gasteiger partial charge in [0, 0.05) is 19.7 Å². The molecule has 11 nitrogen and oxygen atoms in total. The number of hydrogen-bond donors (Lipinski definition) is 1. The highest BCUT2D eigenvalue weighted by Crippen LogP contribution is 2.27. The summed E-state index contributed by atoms with van der Waals surface area (Å²) in [5.41, 5.74) is 1.19. The van der Waals surface area contributed by atoms with Crippen LogP contribution in [0.4, 0.5) is 10.6 Å². The van der Waals surface area contributed by atoms with Crippen LogP contribution >= 0.6 is 0 Å². The van der Waals surface area contributed by atoms with Crippen LogP contribution < -0.4 is 4.90 Å². The molecule has 1 aromatic carbocycles. The van der Waals surface area contributed by atoms with E-state index in [1.165, 1.54) is 41.4 Å². The van der Waals surface area contributed by atoms with Crippen molar-refractivity contribution in [2.24, 2.45) is 0 Å². The summed E-state index contributed by atoms with van der Waals surface area (Å²) in [5.74, 6) is -0.294. The maximum atomic E-state index is 13.4. The zero-order valence-electron chi connectivity index (χ0n) is 21.7. The van der Waals surface area contributed by atoms with Gasteiger partial charge in [0.1, 0.15) is 17.2 Å². The minimum atomic E-state index is -3.91. The van der Waals surface area contributed by atoms with Gasteiger partial charge in [-0.1, -0.05) is 17.7 Å². The van der Waals surface area contributed by atoms with Crippen LogP contribution in [0.3, 0.4) is 0 Å². The number of anilines is 1. The maximum absolute atomic E-state index is 13.4. The van der Waals surface area contributed by atoms with Crippen LogP contribution in [0.5, 0.6) is 0 Å². The lowest BCUT2D eigenvalue weighted by Gasteiger charge is -2.29. The summed E-state index contributed by atoms with van der Waals surface area (Å²) in [5, 5.41) is 10.2. The molecule has 1 N–H and O–H groups in total. The Morgan fingerprint density at radius 1 is 1.16 bits per heavy atom. The Morgan fingerprint density at radius 2 is 1.81 bits per heavy atom. The summed E-state index contributed by atoms with van der Waals surface area (Å²) < 4.78 is 33.0. The van der Waals surface area contributed by atoms with Crippen molar-refractivity contribution < 1.29 is 27.9 Å². The zero-order valence-corrected chi connectivity index (χ0v) is 22.5. The number of nitrogens with zero attached hydrogens (tertiary/aromatic N) is 5. The van der Waals surface area contributed by atoms with Gasteiger partial charge in [-0.3, -0.25) is 14.6 Å². The van der Waals surface area contributed by atoms with Crippen LogP contribution in [0.25, 0.3) is 11.2 Å². The van der Waals surface area contributed by atoms with E-state index in [1.807, 2.05) is 6.92 Å². The van der Waals surface area contributed by atoms with Gasteiger partial charge in [-0.2, -0.15) is 0 Å². The summed E-state index contributed by atoms with van der Waals surface area (Å²) in [6.45, 7) is 8.72. The van der Waals surface area contributed by atoms with Crippen LogP contribution in [-0.4, -0.2) is 75.7 Å². The summed E-state index contributed by atoms with van der Waals surface area (Å²) in [6, 6.07) is 5.56. The molecule has 2 aromatic heterocycles. The van der Waals surface area contributed by atoms with Crippen molar-refractivity contribution in [3.8, 4) is 0 Å². The second-order valence-electron chi connectivity index (χ2n) is 10.3. The summed E-state index contributed by atoms with van der Waals surface area (Å²) in [6.07, 6.45) is 1.26. The van der Waals surface area contributed by atoms with Crippen LogP contribution in [0.2, 0.25) is 0 Å². The molecule has 12 heteroatoms. The lowest BCUT2D eigenvalue weighted by atomic mass is 10.1. The third-order valence-electron chi connectivity index (χ3n) is 6.08. The SMILES string of the molecule is Cc1ccc(S(=O)(=O)n2cc(C)c3nc(N(C)C(=O)[C@H]4C[C@@H](O)CN4C(=O)OC(C)(C)C)cnc32)cc1. The predicted molar refractivity (Wildman–Crippen MR) is 137 cm³/mol. The van der Waals surface area contributed by atoms with Gasteiger partial charge in [0.05, 0.1) is 23.7 Å². The average molecular weight is 530 g/mol. The van der Waals surface area contributed by atoms with Crippen molar-refractivity contribution in [2.45, 2.75) is 63.7 Å². The van der Waals surface area contributed by atoms with E-state index in [1.54, 1.807) is 39.8 Å². The van der Waals surface area contributed by atoms with Crippen molar-refractivity contribution >= 4 is 39.0 Å². The van der Waals surface area contributed by atoms with E-state index in [0.29, 0.717) is 11.1 Å². The molecule has 1 fully saturated rings. The number of ether oxygens (including phenoxy) is 1. The van der Waals surface area contributed by atoms with E-state index in [2.05, 4.69) is 9.97 Å². The van der Waals surface area contributed by atoms with Crippen molar-refractivity contribution in [3.63, 3.8) is 0 Å². The van der Waals surface area contributed by atoms with Crippen LogP contribution in [-0.2, 0) is 19.6 Å². The number of benzene rings is 1. The van der Waals surface area contributed by atoms with Gasteiger partial charge in [-0.05, 0) is 52.3 Å². The second kappa shape index (κ2) is 9.42. The number of β-amino-alcohol motifs (C(OH)–C–C–N with tert-alkyl or cyclic N) is 1. The summed E-state index contributed by atoms with van der Waals surface area (Å²) in [4.78, 5) is 37.5. The fourth-order valence-corrected chi connectivity index (χ4v) is 5.54. The Bertz CT molecular complexity index is 1460. The molecule has 0 aliphatic carbocycles. The smallest absolute Gasteiger partial charge is 0.411 e. The Kier molecular flexibility index (Phi) is 6.76. The normalized spacial score (nSPS) is 18.3. The molecule has 4 rings (SSSR count). The third-order valence-corrected chi connectivity index (χ3v) is 7.74. The van der Waals surface area contributed by atoms with E-state index >= 15 is 0 Å². The number of aromatic nitrogens is 3. The van der Waals surface area contributed by atoms with E-state index in [9.17, 15) is 23.1 Å². The van der Waals surface area contributed by atoms with E-state index < -0.39 is 39.8 Å². The Labute approximate surface area is 215 Å². The van der Waals surface area contributed by atoms with Crippen LogP contribution in [0.1, 0.15) is 38.3 Å². The predicted octanol–water partition coefficient (Wildman–Crippen LogP) is 2.62. The average Bonchev–Trinajstić information content (AvgIpc) is 3.37. The second-order valence-corrected chi connectivity index (χ2v) is 12.1.